The molecule has 3 aromatic carbocycles. The molecule has 40 heavy (non-hydrogen) atoms. The molecule has 0 amide bonds. The number of hydrogen-bond donors (Lipinski definition) is 0. The number of aryl methyl sites for hydroxylation is 2. The largest absolute Gasteiger partial charge is 0.487 e. The van der Waals surface area contributed by atoms with Crippen molar-refractivity contribution >= 4 is 34.6 Å². The Kier molecular flexibility index (Phi) is 11.9. The van der Waals surface area contributed by atoms with Crippen LogP contribution in [0.2, 0.25) is 0 Å². The fraction of sp³-hybridized carbons (Fsp3) is 0.219. The lowest BCUT2D eigenvalue weighted by Crippen LogP contribution is -2.35. The lowest BCUT2D eigenvalue weighted by atomic mass is 10.1. The average Bonchev–Trinajstić information content (AvgIpc) is 2.91. The molecule has 0 aliphatic rings. The molecule has 210 valence electrons. The third kappa shape index (κ3) is 8.68. The van der Waals surface area contributed by atoms with Crippen molar-refractivity contribution < 1.29 is 28.4 Å². The number of nitrogens with zero attached hydrogens (tertiary/aromatic N) is 2. The second-order valence-electron chi connectivity index (χ2n) is 9.13. The number of rotatable bonds is 9. The SMILES string of the molecule is Br.C.Cc1ccc(C(=O)Oc2ccc(OC(=O)c3ccc(OCC[n+]4ccc(N(C)C)cc4)cc3)c(C)c2)cc1. The molecule has 7 nitrogen and oxygen atoms in total. The van der Waals surface area contributed by atoms with Crippen molar-refractivity contribution in [3.05, 3.63) is 114 Å². The van der Waals surface area contributed by atoms with Crippen molar-refractivity contribution in [1.29, 1.82) is 0 Å². The van der Waals surface area contributed by atoms with E-state index in [1.54, 1.807) is 61.5 Å². The number of carbonyl (C=O) groups is 2. The van der Waals surface area contributed by atoms with Crippen LogP contribution < -0.4 is 23.7 Å². The number of carbonyl (C=O) groups excluding carboxylic acids is 2. The molecule has 0 spiro atoms. The standard InChI is InChI=1S/C31H31N2O5.CH4.BrH/c1-22-5-7-24(8-6-22)30(34)37-28-13-14-29(23(2)21-28)38-31(35)25-9-11-27(12-10-25)36-20-19-33-17-15-26(16-18-33)32(3)4;;/h5-18,21H,19-20H2,1-4H3;1H4;1H/q+1;;. The quantitative estimate of drug-likeness (QED) is 0.125. The molecule has 8 heteroatoms. The number of halogens is 1. The van der Waals surface area contributed by atoms with Crippen LogP contribution in [0, 0.1) is 13.8 Å². The zero-order chi connectivity index (χ0) is 27.1. The van der Waals surface area contributed by atoms with E-state index < -0.39 is 11.9 Å². The first-order valence-corrected chi connectivity index (χ1v) is 12.3. The molecule has 1 aromatic heterocycles. The molecule has 4 rings (SSSR count). The van der Waals surface area contributed by atoms with Crippen molar-refractivity contribution in [2.75, 3.05) is 25.6 Å². The summed E-state index contributed by atoms with van der Waals surface area (Å²) in [6.45, 7) is 4.94. The minimum absolute atomic E-state index is 0. The number of benzene rings is 3. The Morgan fingerprint density at radius 1 is 0.750 bits per heavy atom. The molecule has 0 atom stereocenters. The van der Waals surface area contributed by atoms with Gasteiger partial charge in [-0.05, 0) is 74.0 Å². The molecule has 0 saturated carbocycles. The Balaban J connectivity index is 0.00000280. The number of aromatic nitrogens is 1. The van der Waals surface area contributed by atoms with Gasteiger partial charge in [0.05, 0.1) is 11.1 Å². The summed E-state index contributed by atoms with van der Waals surface area (Å²) in [5.74, 6) is 0.504. The van der Waals surface area contributed by atoms with Gasteiger partial charge in [-0.1, -0.05) is 25.1 Å². The molecule has 0 bridgehead atoms. The van der Waals surface area contributed by atoms with E-state index in [0.717, 1.165) is 11.3 Å². The minimum atomic E-state index is -0.486. The summed E-state index contributed by atoms with van der Waals surface area (Å²) in [7, 11) is 4.01. The van der Waals surface area contributed by atoms with Crippen LogP contribution >= 0.6 is 17.0 Å². The van der Waals surface area contributed by atoms with E-state index in [9.17, 15) is 9.59 Å². The van der Waals surface area contributed by atoms with Gasteiger partial charge in [-0.2, -0.15) is 0 Å². The van der Waals surface area contributed by atoms with Crippen LogP contribution in [0.4, 0.5) is 5.69 Å². The molecule has 0 radical (unpaired) electrons. The zero-order valence-electron chi connectivity index (χ0n) is 22.4. The van der Waals surface area contributed by atoms with Gasteiger partial charge in [-0.25, -0.2) is 14.2 Å². The first-order chi connectivity index (χ1) is 18.3. The van der Waals surface area contributed by atoms with Crippen LogP contribution in [-0.4, -0.2) is 32.6 Å². The van der Waals surface area contributed by atoms with Gasteiger partial charge in [-0.3, -0.25) is 0 Å². The van der Waals surface area contributed by atoms with E-state index in [1.807, 2.05) is 62.6 Å². The van der Waals surface area contributed by atoms with Crippen LogP contribution in [0.3, 0.4) is 0 Å². The van der Waals surface area contributed by atoms with Crippen molar-refractivity contribution in [2.45, 2.75) is 27.8 Å². The molecule has 4 aromatic rings. The third-order valence-corrected chi connectivity index (χ3v) is 5.95. The lowest BCUT2D eigenvalue weighted by molar-refractivity contribution is -0.697. The fourth-order valence-corrected chi connectivity index (χ4v) is 3.67. The van der Waals surface area contributed by atoms with Crippen molar-refractivity contribution in [1.82, 2.24) is 0 Å². The maximum absolute atomic E-state index is 12.7. The van der Waals surface area contributed by atoms with Gasteiger partial charge in [0.2, 0.25) is 0 Å². The van der Waals surface area contributed by atoms with Gasteiger partial charge in [0.1, 0.15) is 23.9 Å². The van der Waals surface area contributed by atoms with Crippen LogP contribution in [0.15, 0.2) is 91.3 Å². The Labute approximate surface area is 246 Å². The molecule has 0 N–H and O–H groups in total. The summed E-state index contributed by atoms with van der Waals surface area (Å²) >= 11 is 0. The highest BCUT2D eigenvalue weighted by Gasteiger charge is 2.14. The van der Waals surface area contributed by atoms with E-state index in [0.29, 0.717) is 47.1 Å². The summed E-state index contributed by atoms with van der Waals surface area (Å²) in [6, 6.07) is 23.0. The molecule has 0 aliphatic carbocycles. The summed E-state index contributed by atoms with van der Waals surface area (Å²) < 4.78 is 18.9. The fourth-order valence-electron chi connectivity index (χ4n) is 3.67. The summed E-state index contributed by atoms with van der Waals surface area (Å²) in [5, 5.41) is 0. The van der Waals surface area contributed by atoms with Gasteiger partial charge < -0.3 is 19.1 Å². The predicted octanol–water partition coefficient (Wildman–Crippen LogP) is 6.39. The Bertz CT molecular complexity index is 1400. The third-order valence-electron chi connectivity index (χ3n) is 5.95. The molecular formula is C32H36BrN2O5+. The lowest BCUT2D eigenvalue weighted by Gasteiger charge is -2.11. The van der Waals surface area contributed by atoms with Gasteiger partial charge in [0, 0.05) is 31.9 Å². The van der Waals surface area contributed by atoms with Crippen molar-refractivity contribution in [3.63, 3.8) is 0 Å². The maximum atomic E-state index is 12.7. The van der Waals surface area contributed by atoms with E-state index in [4.69, 9.17) is 14.2 Å². The number of esters is 2. The number of hydrogen-bond acceptors (Lipinski definition) is 6. The van der Waals surface area contributed by atoms with Crippen molar-refractivity contribution in [3.8, 4) is 17.2 Å². The van der Waals surface area contributed by atoms with Crippen LogP contribution in [0.25, 0.3) is 0 Å². The van der Waals surface area contributed by atoms with Crippen LogP contribution in [0.1, 0.15) is 39.3 Å². The first-order valence-electron chi connectivity index (χ1n) is 12.3. The predicted molar refractivity (Wildman–Crippen MR) is 162 cm³/mol. The molecule has 0 aliphatic heterocycles. The summed E-state index contributed by atoms with van der Waals surface area (Å²) in [4.78, 5) is 27.1. The smallest absolute Gasteiger partial charge is 0.343 e. The second kappa shape index (κ2) is 14.8. The summed E-state index contributed by atoms with van der Waals surface area (Å²) in [6.07, 6.45) is 4.03. The van der Waals surface area contributed by atoms with Crippen molar-refractivity contribution in [2.24, 2.45) is 0 Å². The van der Waals surface area contributed by atoms with E-state index in [-0.39, 0.29) is 24.4 Å². The molecule has 1 heterocycles. The topological polar surface area (TPSA) is 68.9 Å². The Morgan fingerprint density at radius 2 is 1.30 bits per heavy atom. The first kappa shape index (κ1) is 32.0. The minimum Gasteiger partial charge on any atom is -0.487 e. The molecule has 0 fully saturated rings. The van der Waals surface area contributed by atoms with Gasteiger partial charge >= 0.3 is 11.9 Å². The number of ether oxygens (including phenoxy) is 3. The van der Waals surface area contributed by atoms with E-state index in [2.05, 4.69) is 4.57 Å². The average molecular weight is 609 g/mol. The maximum Gasteiger partial charge on any atom is 0.343 e. The highest BCUT2D eigenvalue weighted by molar-refractivity contribution is 8.93. The zero-order valence-corrected chi connectivity index (χ0v) is 24.1. The Hall–Kier alpha value is -4.17. The van der Waals surface area contributed by atoms with Gasteiger partial charge in [0.15, 0.2) is 18.9 Å². The van der Waals surface area contributed by atoms with E-state index >= 15 is 0 Å². The highest BCUT2D eigenvalue weighted by Crippen LogP contribution is 2.25. The Morgan fingerprint density at radius 3 is 1.88 bits per heavy atom. The number of pyridine rings is 1. The monoisotopic (exact) mass is 607 g/mol. The summed E-state index contributed by atoms with van der Waals surface area (Å²) in [5.41, 5.74) is 3.74. The van der Waals surface area contributed by atoms with E-state index in [1.165, 1.54) is 0 Å². The second-order valence-corrected chi connectivity index (χ2v) is 9.13. The molecular weight excluding hydrogens is 572 g/mol. The van der Waals surface area contributed by atoms with Crippen LogP contribution in [0.5, 0.6) is 17.2 Å². The van der Waals surface area contributed by atoms with Crippen LogP contribution in [-0.2, 0) is 6.54 Å². The molecule has 0 saturated heterocycles. The normalized spacial score (nSPS) is 10.0. The molecule has 0 unspecified atom stereocenters. The number of anilines is 1. The van der Waals surface area contributed by atoms with Gasteiger partial charge in [0.25, 0.3) is 0 Å². The van der Waals surface area contributed by atoms with Gasteiger partial charge in [-0.15, -0.1) is 17.0 Å². The highest BCUT2D eigenvalue weighted by atomic mass is 79.9.